The van der Waals surface area contributed by atoms with Gasteiger partial charge in [-0.2, -0.15) is 0 Å². The second-order valence-corrected chi connectivity index (χ2v) is 11.3. The van der Waals surface area contributed by atoms with Gasteiger partial charge in [0.05, 0.1) is 30.0 Å². The Kier molecular flexibility index (Phi) is 6.42. The number of carbonyl (C=O) groups excluding carboxylic acids is 1. The van der Waals surface area contributed by atoms with Gasteiger partial charge in [0, 0.05) is 35.5 Å². The summed E-state index contributed by atoms with van der Waals surface area (Å²) in [5.41, 5.74) is 10.5. The molecular weight excluding hydrogens is 477 g/mol. The van der Waals surface area contributed by atoms with Crippen LogP contribution >= 0.6 is 0 Å². The van der Waals surface area contributed by atoms with Crippen LogP contribution < -0.4 is 5.32 Å². The minimum atomic E-state index is -0.956. The Morgan fingerprint density at radius 1 is 1.26 bits per heavy atom. The van der Waals surface area contributed by atoms with Crippen LogP contribution in [0.5, 0.6) is 0 Å². The van der Waals surface area contributed by atoms with E-state index < -0.39 is 5.41 Å². The third-order valence-electron chi connectivity index (χ3n) is 8.59. The Morgan fingerprint density at radius 2 is 2.00 bits per heavy atom. The molecular formula is C32H36FN3O2. The summed E-state index contributed by atoms with van der Waals surface area (Å²) in [5.74, 6) is -0.271. The van der Waals surface area contributed by atoms with Gasteiger partial charge in [-0.1, -0.05) is 37.8 Å². The number of aliphatic hydroxyl groups excluding tert-OH is 1. The van der Waals surface area contributed by atoms with E-state index >= 15 is 0 Å². The van der Waals surface area contributed by atoms with E-state index in [1.165, 1.54) is 22.8 Å². The predicted octanol–water partition coefficient (Wildman–Crippen LogP) is 5.54. The molecule has 1 atom stereocenters. The van der Waals surface area contributed by atoms with Crippen LogP contribution in [0.1, 0.15) is 50.3 Å². The summed E-state index contributed by atoms with van der Waals surface area (Å²) < 4.78 is 14.6. The highest BCUT2D eigenvalue weighted by atomic mass is 19.1. The van der Waals surface area contributed by atoms with Gasteiger partial charge in [0.25, 0.3) is 0 Å². The molecule has 1 aromatic rings. The normalized spacial score (nSPS) is 24.2. The van der Waals surface area contributed by atoms with Gasteiger partial charge in [-0.3, -0.25) is 9.79 Å². The van der Waals surface area contributed by atoms with Crippen LogP contribution in [-0.4, -0.2) is 41.8 Å². The summed E-state index contributed by atoms with van der Waals surface area (Å²) in [6.45, 7) is 16.5. The number of hydrogen-bond acceptors (Lipinski definition) is 4. The molecule has 198 valence electrons. The molecule has 2 N–H and O–H groups in total. The van der Waals surface area contributed by atoms with E-state index in [2.05, 4.69) is 36.4 Å². The van der Waals surface area contributed by atoms with Crippen molar-refractivity contribution < 1.29 is 14.3 Å². The molecule has 4 aliphatic rings. The summed E-state index contributed by atoms with van der Waals surface area (Å²) >= 11 is 0. The van der Waals surface area contributed by atoms with Crippen molar-refractivity contribution in [2.75, 3.05) is 20.2 Å². The van der Waals surface area contributed by atoms with Gasteiger partial charge in [-0.15, -0.1) is 0 Å². The van der Waals surface area contributed by atoms with Crippen LogP contribution in [0, 0.1) is 24.1 Å². The van der Waals surface area contributed by atoms with Crippen molar-refractivity contribution in [3.63, 3.8) is 0 Å². The van der Waals surface area contributed by atoms with Crippen LogP contribution in [0.4, 0.5) is 4.39 Å². The first kappa shape index (κ1) is 26.1. The number of allylic oxidation sites excluding steroid dienone is 7. The number of benzene rings is 1. The zero-order valence-electron chi connectivity index (χ0n) is 23.0. The molecule has 0 bridgehead atoms. The largest absolute Gasteiger partial charge is 0.395 e. The smallest absolute Gasteiger partial charge is 0.232 e. The lowest BCUT2D eigenvalue weighted by atomic mass is 9.77. The summed E-state index contributed by atoms with van der Waals surface area (Å²) in [5, 5.41) is 12.9. The van der Waals surface area contributed by atoms with Crippen LogP contribution in [0.15, 0.2) is 81.8 Å². The number of halogens is 1. The highest BCUT2D eigenvalue weighted by Gasteiger charge is 2.40. The first-order valence-electron chi connectivity index (χ1n) is 13.2. The molecule has 1 aromatic carbocycles. The fourth-order valence-electron chi connectivity index (χ4n) is 5.87. The summed E-state index contributed by atoms with van der Waals surface area (Å²) in [6.07, 6.45) is 6.55. The number of carbonyl (C=O) groups is 1. The van der Waals surface area contributed by atoms with E-state index in [4.69, 9.17) is 4.99 Å². The Hall–Kier alpha value is -3.51. The Labute approximate surface area is 224 Å². The minimum absolute atomic E-state index is 0.245. The van der Waals surface area contributed by atoms with Gasteiger partial charge < -0.3 is 15.3 Å². The second kappa shape index (κ2) is 9.35. The van der Waals surface area contributed by atoms with Crippen molar-refractivity contribution in [3.8, 4) is 0 Å². The fraction of sp³-hybridized carbons (Fsp3) is 0.375. The number of nitrogens with one attached hydrogen (secondary N) is 1. The number of aliphatic imine (C=N–C) groups is 1. The number of rotatable bonds is 3. The van der Waals surface area contributed by atoms with Gasteiger partial charge in [-0.25, -0.2) is 4.39 Å². The molecule has 1 saturated heterocycles. The predicted molar refractivity (Wildman–Crippen MR) is 151 cm³/mol. The lowest BCUT2D eigenvalue weighted by Crippen LogP contribution is -2.39. The minimum Gasteiger partial charge on any atom is -0.395 e. The molecule has 0 aromatic heterocycles. The molecule has 38 heavy (non-hydrogen) atoms. The first-order valence-corrected chi connectivity index (χ1v) is 13.2. The maximum absolute atomic E-state index is 14.6. The maximum Gasteiger partial charge on any atom is 0.232 e. The summed E-state index contributed by atoms with van der Waals surface area (Å²) in [6, 6.07) is 3.30. The zero-order valence-corrected chi connectivity index (χ0v) is 23.0. The molecule has 6 heteroatoms. The Bertz CT molecular complexity index is 1450. The zero-order chi connectivity index (χ0) is 27.5. The SMILES string of the molecule is C=C1CCC2=C(C=C3C(=NC)/C(=C4/C(NC(=O)C(C)(C)CO)=CCc5c4ccc(F)c5C)CN3C2=C)C1C. The molecule has 2 aliphatic carbocycles. The van der Waals surface area contributed by atoms with E-state index in [9.17, 15) is 14.3 Å². The highest BCUT2D eigenvalue weighted by molar-refractivity contribution is 6.21. The van der Waals surface area contributed by atoms with E-state index in [1.807, 2.05) is 6.08 Å². The summed E-state index contributed by atoms with van der Waals surface area (Å²) in [7, 11) is 1.78. The molecule has 0 radical (unpaired) electrons. The summed E-state index contributed by atoms with van der Waals surface area (Å²) in [4.78, 5) is 20.1. The number of fused-ring (bicyclic) bond motifs is 2. The van der Waals surface area contributed by atoms with Crippen LogP contribution in [0.3, 0.4) is 0 Å². The van der Waals surface area contributed by atoms with Gasteiger partial charge >= 0.3 is 0 Å². The Balaban J connectivity index is 1.69. The van der Waals surface area contributed by atoms with Crippen molar-refractivity contribution in [1.82, 2.24) is 10.2 Å². The molecule has 1 fully saturated rings. The lowest BCUT2D eigenvalue weighted by molar-refractivity contribution is -0.130. The maximum atomic E-state index is 14.6. The monoisotopic (exact) mass is 513 g/mol. The van der Waals surface area contributed by atoms with E-state index in [0.717, 1.165) is 52.2 Å². The van der Waals surface area contributed by atoms with Gasteiger partial charge in [0.2, 0.25) is 5.91 Å². The van der Waals surface area contributed by atoms with E-state index in [0.29, 0.717) is 24.2 Å². The molecule has 1 unspecified atom stereocenters. The van der Waals surface area contributed by atoms with Crippen LogP contribution in [-0.2, 0) is 11.2 Å². The third-order valence-corrected chi connectivity index (χ3v) is 8.59. The van der Waals surface area contributed by atoms with Crippen LogP contribution in [0.25, 0.3) is 5.57 Å². The third kappa shape index (κ3) is 3.93. The molecule has 5 nitrogen and oxygen atoms in total. The van der Waals surface area contributed by atoms with Gasteiger partial charge in [-0.05, 0) is 80.0 Å². The highest BCUT2D eigenvalue weighted by Crippen LogP contribution is 2.47. The van der Waals surface area contributed by atoms with Crippen molar-refractivity contribution >= 4 is 17.2 Å². The fourth-order valence-corrected chi connectivity index (χ4v) is 5.87. The molecule has 1 amide bonds. The number of amides is 1. The van der Waals surface area contributed by atoms with E-state index in [1.54, 1.807) is 33.9 Å². The Morgan fingerprint density at radius 3 is 2.68 bits per heavy atom. The molecule has 5 rings (SSSR count). The number of nitrogens with zero attached hydrogens (tertiary/aromatic N) is 2. The quantitative estimate of drug-likeness (QED) is 0.522. The topological polar surface area (TPSA) is 64.9 Å². The van der Waals surface area contributed by atoms with E-state index in [-0.39, 0.29) is 24.2 Å². The second-order valence-electron chi connectivity index (χ2n) is 11.3. The average Bonchev–Trinajstić information content (AvgIpc) is 3.27. The molecule has 2 heterocycles. The van der Waals surface area contributed by atoms with Gasteiger partial charge in [0.1, 0.15) is 5.82 Å². The van der Waals surface area contributed by atoms with Crippen molar-refractivity contribution in [1.29, 1.82) is 0 Å². The van der Waals surface area contributed by atoms with Crippen molar-refractivity contribution in [2.24, 2.45) is 16.3 Å². The number of aliphatic hydroxyl groups is 1. The van der Waals surface area contributed by atoms with Crippen molar-refractivity contribution in [2.45, 2.75) is 47.0 Å². The van der Waals surface area contributed by atoms with Crippen molar-refractivity contribution in [3.05, 3.63) is 99.3 Å². The lowest BCUT2D eigenvalue weighted by Gasteiger charge is -2.36. The molecule has 0 spiro atoms. The average molecular weight is 514 g/mol. The molecule has 2 aliphatic heterocycles. The van der Waals surface area contributed by atoms with Gasteiger partial charge in [0.15, 0.2) is 0 Å². The standard InChI is InChI=1S/C32H36FN3O2/c1-17-8-9-22-20(4)36-15-25(30(34-7)28(36)14-24(22)18(17)2)29-23-10-12-26(33)19(3)21(23)11-13-27(29)35-31(38)32(5,6)16-37/h10,12-14,18,37H,1,4,8-9,11,15-16H2,2-3,5-7H3,(H,35,38)/b29-25+,34-30?. The van der Waals surface area contributed by atoms with Crippen LogP contribution in [0.2, 0.25) is 0 Å². The number of hydrogen-bond donors (Lipinski definition) is 2. The first-order chi connectivity index (χ1) is 18.0. The molecule has 0 saturated carbocycles.